The summed E-state index contributed by atoms with van der Waals surface area (Å²) in [4.78, 5) is 13.5. The molecule has 1 aliphatic rings. The third-order valence-electron chi connectivity index (χ3n) is 4.31. The van der Waals surface area contributed by atoms with Crippen molar-refractivity contribution in [1.82, 2.24) is 9.62 Å². The largest absolute Gasteiger partial charge is 0.351 e. The Morgan fingerprint density at radius 2 is 2.00 bits per heavy atom. The quantitative estimate of drug-likeness (QED) is 0.862. The molecule has 1 fully saturated rings. The molecule has 0 bridgehead atoms. The minimum atomic E-state index is -3.40. The van der Waals surface area contributed by atoms with Gasteiger partial charge in [0, 0.05) is 23.9 Å². The molecule has 0 radical (unpaired) electrons. The Balaban J connectivity index is 1.53. The van der Waals surface area contributed by atoms with Gasteiger partial charge in [0.1, 0.15) is 4.21 Å². The van der Waals surface area contributed by atoms with Crippen molar-refractivity contribution in [3.05, 3.63) is 39.4 Å². The van der Waals surface area contributed by atoms with Crippen LogP contribution in [0.3, 0.4) is 0 Å². The summed E-state index contributed by atoms with van der Waals surface area (Å²) in [5.41, 5.74) is 1.19. The fourth-order valence-corrected chi connectivity index (χ4v) is 6.25. The molecule has 3 heterocycles. The lowest BCUT2D eigenvalue weighted by atomic mass is 9.97. The average molecular weight is 385 g/mol. The molecule has 2 aromatic rings. The zero-order valence-corrected chi connectivity index (χ0v) is 15.8. The summed E-state index contributed by atoms with van der Waals surface area (Å²) in [6, 6.07) is 5.41. The third-order valence-corrected chi connectivity index (χ3v) is 8.60. The fraction of sp³-hybridized carbons (Fsp3) is 0.438. The summed E-state index contributed by atoms with van der Waals surface area (Å²) in [6.07, 6.45) is 1.14. The Kier molecular flexibility index (Phi) is 5.39. The van der Waals surface area contributed by atoms with Crippen molar-refractivity contribution >= 4 is 38.6 Å². The first-order valence-corrected chi connectivity index (χ1v) is 11.0. The molecule has 1 N–H and O–H groups in total. The highest BCUT2D eigenvalue weighted by Gasteiger charge is 2.32. The van der Waals surface area contributed by atoms with Gasteiger partial charge in [0.05, 0.1) is 6.54 Å². The molecule has 3 rings (SSSR count). The smallest absolute Gasteiger partial charge is 0.252 e. The zero-order chi connectivity index (χ0) is 17.2. The van der Waals surface area contributed by atoms with E-state index in [-0.39, 0.29) is 11.8 Å². The average Bonchev–Trinajstić information content (AvgIpc) is 3.25. The molecule has 5 nitrogen and oxygen atoms in total. The Morgan fingerprint density at radius 1 is 1.25 bits per heavy atom. The number of piperidine rings is 1. The van der Waals surface area contributed by atoms with Crippen LogP contribution >= 0.6 is 22.7 Å². The number of rotatable bonds is 5. The van der Waals surface area contributed by atoms with Crippen molar-refractivity contribution < 1.29 is 13.2 Å². The van der Waals surface area contributed by atoms with Crippen molar-refractivity contribution in [2.75, 3.05) is 13.1 Å². The summed E-state index contributed by atoms with van der Waals surface area (Å²) >= 11 is 2.87. The Labute approximate surface area is 150 Å². The van der Waals surface area contributed by atoms with Crippen LogP contribution in [0, 0.1) is 12.8 Å². The van der Waals surface area contributed by atoms with Gasteiger partial charge in [0.25, 0.3) is 10.0 Å². The predicted octanol–water partition coefficient (Wildman–Crippen LogP) is 2.84. The molecule has 1 amide bonds. The van der Waals surface area contributed by atoms with E-state index in [2.05, 4.69) is 5.32 Å². The number of sulfonamides is 1. The SMILES string of the molecule is Cc1ccsc1CNC(=O)C1CCN(S(=O)(=O)c2cccs2)CC1. The summed E-state index contributed by atoms with van der Waals surface area (Å²) in [7, 11) is -3.40. The van der Waals surface area contributed by atoms with Crippen molar-refractivity contribution in [2.45, 2.75) is 30.5 Å². The van der Waals surface area contributed by atoms with E-state index in [4.69, 9.17) is 0 Å². The van der Waals surface area contributed by atoms with E-state index in [1.165, 1.54) is 26.1 Å². The van der Waals surface area contributed by atoms with Crippen LogP contribution in [0.1, 0.15) is 23.3 Å². The van der Waals surface area contributed by atoms with E-state index in [1.807, 2.05) is 18.4 Å². The maximum Gasteiger partial charge on any atom is 0.252 e. The molecule has 0 spiro atoms. The van der Waals surface area contributed by atoms with Gasteiger partial charge >= 0.3 is 0 Å². The van der Waals surface area contributed by atoms with E-state index < -0.39 is 10.0 Å². The number of thiophene rings is 2. The van der Waals surface area contributed by atoms with E-state index in [1.54, 1.807) is 28.8 Å². The van der Waals surface area contributed by atoms with Crippen molar-refractivity contribution in [3.63, 3.8) is 0 Å². The summed E-state index contributed by atoms with van der Waals surface area (Å²) < 4.78 is 26.8. The number of amides is 1. The highest BCUT2D eigenvalue weighted by Crippen LogP contribution is 2.26. The zero-order valence-electron chi connectivity index (χ0n) is 13.4. The minimum Gasteiger partial charge on any atom is -0.351 e. The van der Waals surface area contributed by atoms with Crippen LogP contribution in [0.2, 0.25) is 0 Å². The second-order valence-electron chi connectivity index (χ2n) is 5.86. The van der Waals surface area contributed by atoms with Gasteiger partial charge in [0.2, 0.25) is 5.91 Å². The Morgan fingerprint density at radius 3 is 2.58 bits per heavy atom. The van der Waals surface area contributed by atoms with Crippen LogP contribution in [0.15, 0.2) is 33.2 Å². The van der Waals surface area contributed by atoms with Gasteiger partial charge in [-0.3, -0.25) is 4.79 Å². The lowest BCUT2D eigenvalue weighted by Crippen LogP contribution is -2.42. The molecule has 1 saturated heterocycles. The van der Waals surface area contributed by atoms with Crippen LogP contribution in [0.25, 0.3) is 0 Å². The third kappa shape index (κ3) is 3.72. The van der Waals surface area contributed by atoms with Crippen molar-refractivity contribution in [2.24, 2.45) is 5.92 Å². The molecule has 2 aromatic heterocycles. The van der Waals surface area contributed by atoms with Crippen LogP contribution in [0.4, 0.5) is 0 Å². The predicted molar refractivity (Wildman–Crippen MR) is 96.7 cm³/mol. The number of hydrogen-bond donors (Lipinski definition) is 1. The van der Waals surface area contributed by atoms with Crippen molar-refractivity contribution in [1.29, 1.82) is 0 Å². The molecule has 0 unspecified atom stereocenters. The van der Waals surface area contributed by atoms with E-state index in [0.717, 1.165) is 0 Å². The van der Waals surface area contributed by atoms with E-state index in [9.17, 15) is 13.2 Å². The standard InChI is InChI=1S/C16H20N2O3S3/c1-12-6-10-22-14(12)11-17-16(19)13-4-7-18(8-5-13)24(20,21)15-3-2-9-23-15/h2-3,6,9-10,13H,4-5,7-8,11H2,1H3,(H,17,19). The molecule has 8 heteroatoms. The normalized spacial score (nSPS) is 17.0. The topological polar surface area (TPSA) is 66.5 Å². The maximum absolute atomic E-state index is 12.5. The van der Waals surface area contributed by atoms with Gasteiger partial charge in [-0.2, -0.15) is 4.31 Å². The van der Waals surface area contributed by atoms with Gasteiger partial charge in [-0.15, -0.1) is 22.7 Å². The van der Waals surface area contributed by atoms with Gasteiger partial charge in [-0.25, -0.2) is 8.42 Å². The molecule has 0 aliphatic carbocycles. The summed E-state index contributed by atoms with van der Waals surface area (Å²) in [5.74, 6) is -0.0870. The van der Waals surface area contributed by atoms with Gasteiger partial charge < -0.3 is 5.32 Å². The lowest BCUT2D eigenvalue weighted by Gasteiger charge is -2.30. The van der Waals surface area contributed by atoms with Gasteiger partial charge in [-0.1, -0.05) is 6.07 Å². The highest BCUT2D eigenvalue weighted by molar-refractivity contribution is 7.91. The summed E-state index contributed by atoms with van der Waals surface area (Å²) in [5, 5.41) is 6.76. The number of nitrogens with zero attached hydrogens (tertiary/aromatic N) is 1. The monoisotopic (exact) mass is 384 g/mol. The van der Waals surface area contributed by atoms with Crippen molar-refractivity contribution in [3.8, 4) is 0 Å². The highest BCUT2D eigenvalue weighted by atomic mass is 32.2. The second-order valence-corrected chi connectivity index (χ2v) is 9.97. The Bertz CT molecular complexity index is 788. The lowest BCUT2D eigenvalue weighted by molar-refractivity contribution is -0.126. The molecular formula is C16H20N2O3S3. The molecule has 1 aliphatic heterocycles. The number of carbonyl (C=O) groups is 1. The first-order chi connectivity index (χ1) is 11.5. The fourth-order valence-electron chi connectivity index (χ4n) is 2.79. The van der Waals surface area contributed by atoms with Crippen LogP contribution in [-0.2, 0) is 21.4 Å². The molecule has 0 saturated carbocycles. The van der Waals surface area contributed by atoms with Gasteiger partial charge in [-0.05, 0) is 48.2 Å². The molecule has 0 atom stereocenters. The Hall–Kier alpha value is -1.22. The molecule has 0 aromatic carbocycles. The molecular weight excluding hydrogens is 364 g/mol. The molecule has 24 heavy (non-hydrogen) atoms. The van der Waals surface area contributed by atoms with Gasteiger partial charge in [0.15, 0.2) is 0 Å². The molecule has 130 valence electrons. The first-order valence-electron chi connectivity index (χ1n) is 7.83. The van der Waals surface area contributed by atoms with E-state index in [0.29, 0.717) is 36.7 Å². The summed E-state index contributed by atoms with van der Waals surface area (Å²) in [6.45, 7) is 3.38. The second kappa shape index (κ2) is 7.35. The maximum atomic E-state index is 12.5. The van der Waals surface area contributed by atoms with E-state index >= 15 is 0 Å². The first kappa shape index (κ1) is 17.6. The van der Waals surface area contributed by atoms with Crippen LogP contribution in [0.5, 0.6) is 0 Å². The number of hydrogen-bond acceptors (Lipinski definition) is 5. The number of aryl methyl sites for hydroxylation is 1. The van der Waals surface area contributed by atoms with Crippen LogP contribution in [-0.4, -0.2) is 31.7 Å². The number of nitrogens with one attached hydrogen (secondary N) is 1. The number of carbonyl (C=O) groups excluding carboxylic acids is 1. The minimum absolute atomic E-state index is 0.0240. The van der Waals surface area contributed by atoms with Crippen LogP contribution < -0.4 is 5.32 Å².